The van der Waals surface area contributed by atoms with Crippen molar-refractivity contribution in [2.75, 3.05) is 0 Å². The van der Waals surface area contributed by atoms with Gasteiger partial charge in [0, 0.05) is 18.6 Å². The summed E-state index contributed by atoms with van der Waals surface area (Å²) < 4.78 is 0. The third kappa shape index (κ3) is 1.66. The quantitative estimate of drug-likeness (QED) is 0.613. The fourth-order valence-electron chi connectivity index (χ4n) is 0.955. The van der Waals surface area contributed by atoms with E-state index >= 15 is 0 Å². The van der Waals surface area contributed by atoms with Crippen LogP contribution in [0.5, 0.6) is 0 Å². The molecule has 0 aliphatic heterocycles. The number of aromatic carboxylic acids is 1. The predicted molar refractivity (Wildman–Crippen MR) is 44.4 cm³/mol. The van der Waals surface area contributed by atoms with Crippen LogP contribution in [0.3, 0.4) is 0 Å². The lowest BCUT2D eigenvalue weighted by atomic mass is 10.1. The van der Waals surface area contributed by atoms with Gasteiger partial charge in [0.2, 0.25) is 0 Å². The second-order valence-electron chi connectivity index (χ2n) is 2.28. The molecule has 0 saturated carbocycles. The van der Waals surface area contributed by atoms with Crippen LogP contribution in [0.25, 0.3) is 0 Å². The van der Waals surface area contributed by atoms with Gasteiger partial charge in [-0.1, -0.05) is 0 Å². The van der Waals surface area contributed by atoms with Gasteiger partial charge in [-0.05, 0) is 24.8 Å². The molecule has 60 valence electrons. The van der Waals surface area contributed by atoms with Gasteiger partial charge in [0.15, 0.2) is 0 Å². The minimum atomic E-state index is -1.16. The highest BCUT2D eigenvalue weighted by atomic mass is 16.4. The Morgan fingerprint density at radius 2 is 2.17 bits per heavy atom. The molecule has 0 amide bonds. The molecule has 1 aromatic carbocycles. The van der Waals surface area contributed by atoms with Crippen LogP contribution in [-0.4, -0.2) is 5.97 Å². The number of hydrogen-bond donors (Lipinski definition) is 0. The molecule has 0 aromatic heterocycles. The van der Waals surface area contributed by atoms with Crippen molar-refractivity contribution in [3.63, 3.8) is 0 Å². The van der Waals surface area contributed by atoms with Gasteiger partial charge in [0.05, 0.1) is 5.56 Å². The van der Waals surface area contributed by atoms with E-state index in [-0.39, 0.29) is 5.56 Å². The van der Waals surface area contributed by atoms with Crippen LogP contribution in [0.4, 0.5) is 0 Å². The third-order valence-electron chi connectivity index (χ3n) is 1.48. The van der Waals surface area contributed by atoms with Gasteiger partial charge in [0.25, 0.3) is 0 Å². The Bertz CT molecular complexity index is 302. The zero-order chi connectivity index (χ0) is 8.97. The van der Waals surface area contributed by atoms with Crippen LogP contribution < -0.4 is 5.11 Å². The Hall–Kier alpha value is -1.70. The number of carbonyl (C=O) groups excluding carboxylic acids is 1. The summed E-state index contributed by atoms with van der Waals surface area (Å²) in [7, 11) is 0. The van der Waals surface area contributed by atoms with E-state index in [0.29, 0.717) is 5.56 Å². The molecule has 0 fully saturated rings. The normalized spacial score (nSPS) is 9.00. The molecule has 0 heterocycles. The number of carboxylic acids is 1. The van der Waals surface area contributed by atoms with Gasteiger partial charge < -0.3 is 9.90 Å². The average Bonchev–Trinajstić information content (AvgIpc) is 2.05. The first-order chi connectivity index (χ1) is 5.75. The van der Waals surface area contributed by atoms with Gasteiger partial charge >= 0.3 is 0 Å². The maximum atomic E-state index is 10.5. The minimum absolute atomic E-state index is 0.192. The van der Waals surface area contributed by atoms with E-state index in [1.54, 1.807) is 30.7 Å². The maximum Gasteiger partial charge on any atom is 0.117 e. The molecule has 0 aliphatic rings. The molecule has 2 nitrogen and oxygen atoms in total. The van der Waals surface area contributed by atoms with Gasteiger partial charge in [-0.2, -0.15) is 0 Å². The maximum absolute atomic E-state index is 10.5. The third-order valence-corrected chi connectivity index (χ3v) is 1.48. The molecular weight excluding hydrogens is 152 g/mol. The van der Waals surface area contributed by atoms with E-state index in [0.717, 1.165) is 0 Å². The second kappa shape index (κ2) is 3.62. The topological polar surface area (TPSA) is 40.1 Å². The number of carbonyl (C=O) groups is 1. The molecule has 0 atom stereocenters. The smallest absolute Gasteiger partial charge is 0.117 e. The first-order valence-corrected chi connectivity index (χ1v) is 3.52. The molecule has 1 rings (SSSR count). The summed E-state index contributed by atoms with van der Waals surface area (Å²) in [6.45, 7) is 3.49. The molecule has 0 unspecified atom stereocenters. The Balaban J connectivity index is 3.07. The molecule has 2 heteroatoms. The van der Waals surface area contributed by atoms with Crippen molar-refractivity contribution in [2.24, 2.45) is 0 Å². The van der Waals surface area contributed by atoms with E-state index in [4.69, 9.17) is 0 Å². The van der Waals surface area contributed by atoms with Crippen LogP contribution in [0.1, 0.15) is 15.9 Å². The van der Waals surface area contributed by atoms with Gasteiger partial charge in [-0.15, -0.1) is 0 Å². The second-order valence-corrected chi connectivity index (χ2v) is 2.28. The van der Waals surface area contributed by atoms with Crippen LogP contribution in [-0.2, 0) is 0 Å². The number of carboxylic acid groups (broad SMARTS) is 1. The molecule has 1 aromatic rings. The molecule has 12 heavy (non-hydrogen) atoms. The summed E-state index contributed by atoms with van der Waals surface area (Å²) in [5, 5.41) is 10.5. The van der Waals surface area contributed by atoms with Crippen molar-refractivity contribution >= 4 is 5.97 Å². The lowest BCUT2D eigenvalue weighted by molar-refractivity contribution is -0.255. The fourth-order valence-corrected chi connectivity index (χ4v) is 0.955. The molecule has 0 spiro atoms. The van der Waals surface area contributed by atoms with Gasteiger partial charge in [0.1, 0.15) is 11.5 Å². The highest BCUT2D eigenvalue weighted by Crippen LogP contribution is 2.09. The Labute approximate surface area is 71.2 Å². The van der Waals surface area contributed by atoms with Crippen molar-refractivity contribution in [3.8, 4) is 0 Å². The standard InChI is InChI=1S/C10H8O2/c1-2-5-8-6-3-4-7-9(8)10(11)12/h2-7H,1H2. The zero-order valence-corrected chi connectivity index (χ0v) is 6.49. The SMILES string of the molecule is C=C[CH+]c1ccccc1C(=O)[O-]. The number of benzene rings is 1. The largest absolute Gasteiger partial charge is 0.535 e. The molecule has 0 bridgehead atoms. The number of rotatable bonds is 3. The Kier molecular flexibility index (Phi) is 2.53. The van der Waals surface area contributed by atoms with E-state index < -0.39 is 5.97 Å². The van der Waals surface area contributed by atoms with Crippen molar-refractivity contribution in [3.05, 3.63) is 54.5 Å². The number of allylic oxidation sites excluding steroid dienone is 1. The summed E-state index contributed by atoms with van der Waals surface area (Å²) in [4.78, 5) is 10.5. The highest BCUT2D eigenvalue weighted by Gasteiger charge is 2.06. The first-order valence-electron chi connectivity index (χ1n) is 3.52. The number of hydrogen-bond acceptors (Lipinski definition) is 2. The molecule has 0 N–H and O–H groups in total. The summed E-state index contributed by atoms with van der Waals surface area (Å²) >= 11 is 0. The zero-order valence-electron chi connectivity index (χ0n) is 6.49. The monoisotopic (exact) mass is 160 g/mol. The molecule has 0 aliphatic carbocycles. The van der Waals surface area contributed by atoms with Crippen LogP contribution in [0, 0.1) is 6.42 Å². The minimum Gasteiger partial charge on any atom is -0.535 e. The molecule has 0 saturated heterocycles. The summed E-state index contributed by atoms with van der Waals surface area (Å²) in [6, 6.07) is 6.63. The summed E-state index contributed by atoms with van der Waals surface area (Å²) in [5.41, 5.74) is 0.810. The Morgan fingerprint density at radius 1 is 1.50 bits per heavy atom. The van der Waals surface area contributed by atoms with Crippen LogP contribution in [0.15, 0.2) is 36.9 Å². The van der Waals surface area contributed by atoms with Crippen LogP contribution in [0.2, 0.25) is 0 Å². The van der Waals surface area contributed by atoms with E-state index in [1.807, 2.05) is 0 Å². The molecular formula is C10H8O2. The van der Waals surface area contributed by atoms with Gasteiger partial charge in [-0.25, -0.2) is 0 Å². The lowest BCUT2D eigenvalue weighted by Crippen LogP contribution is -2.23. The first kappa shape index (κ1) is 8.40. The van der Waals surface area contributed by atoms with Crippen molar-refractivity contribution < 1.29 is 9.90 Å². The van der Waals surface area contributed by atoms with Crippen molar-refractivity contribution in [1.29, 1.82) is 0 Å². The van der Waals surface area contributed by atoms with E-state index in [9.17, 15) is 9.90 Å². The van der Waals surface area contributed by atoms with Crippen molar-refractivity contribution in [2.45, 2.75) is 0 Å². The highest BCUT2D eigenvalue weighted by molar-refractivity contribution is 5.88. The van der Waals surface area contributed by atoms with E-state index in [2.05, 4.69) is 6.58 Å². The fraction of sp³-hybridized carbons (Fsp3) is 0. The summed E-state index contributed by atoms with van der Waals surface area (Å²) in [5.74, 6) is -1.16. The van der Waals surface area contributed by atoms with Gasteiger partial charge in [-0.3, -0.25) is 0 Å². The lowest BCUT2D eigenvalue weighted by Gasteiger charge is -2.00. The predicted octanol–water partition coefficient (Wildman–Crippen LogP) is 0.788. The Morgan fingerprint density at radius 3 is 2.75 bits per heavy atom. The average molecular weight is 160 g/mol. The molecule has 0 radical (unpaired) electrons. The van der Waals surface area contributed by atoms with E-state index in [1.165, 1.54) is 6.07 Å². The van der Waals surface area contributed by atoms with Crippen LogP contribution >= 0.6 is 0 Å². The summed E-state index contributed by atoms with van der Waals surface area (Å²) in [6.07, 6.45) is 3.17. The van der Waals surface area contributed by atoms with Crippen molar-refractivity contribution in [1.82, 2.24) is 0 Å².